The van der Waals surface area contributed by atoms with Gasteiger partial charge in [-0.25, -0.2) is 9.59 Å². The van der Waals surface area contributed by atoms with E-state index in [-0.39, 0.29) is 0 Å². The standard InChI is InChI=1S/C9H16N2O3/c1-4-7(8(12)13)11-9(14)10-5-6(2)3/h7H,2,4-5H2,1,3H3,(H,12,13)(H2,10,11,14)/t7-/m0/s1. The number of carbonyl (C=O) groups is 2. The van der Waals surface area contributed by atoms with Gasteiger partial charge in [0.05, 0.1) is 0 Å². The fraction of sp³-hybridized carbons (Fsp3) is 0.556. The highest BCUT2D eigenvalue weighted by atomic mass is 16.4. The first-order valence-electron chi connectivity index (χ1n) is 4.39. The molecule has 1 atom stereocenters. The van der Waals surface area contributed by atoms with E-state index in [0.29, 0.717) is 13.0 Å². The highest BCUT2D eigenvalue weighted by Crippen LogP contribution is 1.90. The number of hydrogen-bond acceptors (Lipinski definition) is 2. The molecule has 0 aliphatic carbocycles. The zero-order chi connectivity index (χ0) is 11.1. The summed E-state index contributed by atoms with van der Waals surface area (Å²) in [5, 5.41) is 13.5. The largest absolute Gasteiger partial charge is 0.480 e. The van der Waals surface area contributed by atoms with Crippen LogP contribution >= 0.6 is 0 Å². The molecule has 80 valence electrons. The van der Waals surface area contributed by atoms with Crippen molar-refractivity contribution in [2.24, 2.45) is 0 Å². The molecule has 14 heavy (non-hydrogen) atoms. The first-order chi connectivity index (χ1) is 6.47. The van der Waals surface area contributed by atoms with Crippen LogP contribution < -0.4 is 10.6 Å². The van der Waals surface area contributed by atoms with E-state index in [1.807, 2.05) is 0 Å². The lowest BCUT2D eigenvalue weighted by Crippen LogP contribution is -2.45. The molecule has 0 rings (SSSR count). The number of amides is 2. The maximum Gasteiger partial charge on any atom is 0.326 e. The second-order valence-electron chi connectivity index (χ2n) is 3.08. The zero-order valence-electron chi connectivity index (χ0n) is 8.46. The van der Waals surface area contributed by atoms with Crippen molar-refractivity contribution in [3.8, 4) is 0 Å². The van der Waals surface area contributed by atoms with Crippen molar-refractivity contribution in [3.05, 3.63) is 12.2 Å². The summed E-state index contributed by atoms with van der Waals surface area (Å²) in [6.07, 6.45) is 0.357. The SMILES string of the molecule is C=C(C)CNC(=O)N[C@@H](CC)C(=O)O. The molecule has 0 radical (unpaired) electrons. The van der Waals surface area contributed by atoms with Gasteiger partial charge in [0.2, 0.25) is 0 Å². The van der Waals surface area contributed by atoms with Crippen LogP contribution in [0.3, 0.4) is 0 Å². The average molecular weight is 200 g/mol. The minimum absolute atomic E-state index is 0.349. The Balaban J connectivity index is 3.91. The van der Waals surface area contributed by atoms with Gasteiger partial charge in [0.15, 0.2) is 0 Å². The minimum atomic E-state index is -1.03. The van der Waals surface area contributed by atoms with Crippen molar-refractivity contribution in [2.45, 2.75) is 26.3 Å². The van der Waals surface area contributed by atoms with Crippen LogP contribution in [-0.4, -0.2) is 29.7 Å². The fourth-order valence-corrected chi connectivity index (χ4v) is 0.779. The Hall–Kier alpha value is -1.52. The van der Waals surface area contributed by atoms with Crippen molar-refractivity contribution in [3.63, 3.8) is 0 Å². The monoisotopic (exact) mass is 200 g/mol. The van der Waals surface area contributed by atoms with E-state index in [2.05, 4.69) is 17.2 Å². The molecule has 0 saturated carbocycles. The lowest BCUT2D eigenvalue weighted by molar-refractivity contribution is -0.139. The lowest BCUT2D eigenvalue weighted by Gasteiger charge is -2.12. The average Bonchev–Trinajstić information content (AvgIpc) is 2.10. The van der Waals surface area contributed by atoms with E-state index in [0.717, 1.165) is 5.57 Å². The zero-order valence-corrected chi connectivity index (χ0v) is 8.46. The molecular formula is C9H16N2O3. The Morgan fingerprint density at radius 1 is 1.50 bits per heavy atom. The number of carboxylic acid groups (broad SMARTS) is 1. The number of rotatable bonds is 5. The van der Waals surface area contributed by atoms with Gasteiger partial charge in [-0.05, 0) is 13.3 Å². The molecule has 2 amide bonds. The minimum Gasteiger partial charge on any atom is -0.480 e. The van der Waals surface area contributed by atoms with Crippen LogP contribution in [0.5, 0.6) is 0 Å². The van der Waals surface area contributed by atoms with Gasteiger partial charge in [0, 0.05) is 6.54 Å². The van der Waals surface area contributed by atoms with Gasteiger partial charge >= 0.3 is 12.0 Å². The van der Waals surface area contributed by atoms with Crippen molar-refractivity contribution in [1.29, 1.82) is 0 Å². The molecule has 5 heteroatoms. The summed E-state index contributed by atoms with van der Waals surface area (Å²) in [5.74, 6) is -1.03. The number of nitrogens with one attached hydrogen (secondary N) is 2. The smallest absolute Gasteiger partial charge is 0.326 e. The summed E-state index contributed by atoms with van der Waals surface area (Å²) >= 11 is 0. The normalized spacial score (nSPS) is 11.6. The van der Waals surface area contributed by atoms with Crippen LogP contribution in [0.2, 0.25) is 0 Å². The fourth-order valence-electron chi connectivity index (χ4n) is 0.779. The molecule has 0 aromatic rings. The molecule has 0 spiro atoms. The number of urea groups is 1. The first kappa shape index (κ1) is 12.5. The highest BCUT2D eigenvalue weighted by molar-refractivity contribution is 5.82. The van der Waals surface area contributed by atoms with E-state index in [9.17, 15) is 9.59 Å². The summed E-state index contributed by atoms with van der Waals surface area (Å²) in [4.78, 5) is 21.6. The van der Waals surface area contributed by atoms with Crippen molar-refractivity contribution in [2.75, 3.05) is 6.54 Å². The topological polar surface area (TPSA) is 78.4 Å². The third-order valence-electron chi connectivity index (χ3n) is 1.56. The summed E-state index contributed by atoms with van der Waals surface area (Å²) in [5.41, 5.74) is 0.809. The molecule has 0 heterocycles. The quantitative estimate of drug-likeness (QED) is 0.572. The third kappa shape index (κ3) is 5.18. The second kappa shape index (κ2) is 6.01. The Morgan fingerprint density at radius 2 is 2.07 bits per heavy atom. The Morgan fingerprint density at radius 3 is 2.43 bits per heavy atom. The van der Waals surface area contributed by atoms with Crippen LogP contribution in [0.25, 0.3) is 0 Å². The summed E-state index contributed by atoms with van der Waals surface area (Å²) in [6, 6.07) is -1.32. The van der Waals surface area contributed by atoms with Gasteiger partial charge in [-0.2, -0.15) is 0 Å². The van der Waals surface area contributed by atoms with Gasteiger partial charge in [-0.1, -0.05) is 19.1 Å². The molecule has 0 aromatic carbocycles. The van der Waals surface area contributed by atoms with Crippen molar-refractivity contribution in [1.82, 2.24) is 10.6 Å². The maximum atomic E-state index is 11.1. The molecule has 0 aliphatic heterocycles. The van der Waals surface area contributed by atoms with Crippen LogP contribution in [0.1, 0.15) is 20.3 Å². The van der Waals surface area contributed by atoms with Crippen LogP contribution in [0, 0.1) is 0 Å². The number of carbonyl (C=O) groups excluding carboxylic acids is 1. The van der Waals surface area contributed by atoms with E-state index >= 15 is 0 Å². The Kier molecular flexibility index (Phi) is 5.36. The predicted octanol–water partition coefficient (Wildman–Crippen LogP) is 0.725. The molecule has 0 bridgehead atoms. The highest BCUT2D eigenvalue weighted by Gasteiger charge is 2.16. The predicted molar refractivity (Wildman–Crippen MR) is 53.1 cm³/mol. The summed E-state index contributed by atoms with van der Waals surface area (Å²) < 4.78 is 0. The molecule has 0 unspecified atom stereocenters. The van der Waals surface area contributed by atoms with E-state index < -0.39 is 18.0 Å². The number of hydrogen-bond donors (Lipinski definition) is 3. The maximum absolute atomic E-state index is 11.1. The van der Waals surface area contributed by atoms with Gasteiger partial charge in [0.1, 0.15) is 6.04 Å². The van der Waals surface area contributed by atoms with Crippen molar-refractivity contribution < 1.29 is 14.7 Å². The Labute approximate surface area is 83.2 Å². The Bertz CT molecular complexity index is 238. The molecular weight excluding hydrogens is 184 g/mol. The number of carboxylic acids is 1. The molecule has 3 N–H and O–H groups in total. The van der Waals surface area contributed by atoms with Gasteiger partial charge < -0.3 is 15.7 Å². The van der Waals surface area contributed by atoms with Gasteiger partial charge in [-0.3, -0.25) is 0 Å². The molecule has 0 saturated heterocycles. The van der Waals surface area contributed by atoms with Crippen LogP contribution in [0.15, 0.2) is 12.2 Å². The second-order valence-corrected chi connectivity index (χ2v) is 3.08. The van der Waals surface area contributed by atoms with Crippen molar-refractivity contribution >= 4 is 12.0 Å². The van der Waals surface area contributed by atoms with E-state index in [4.69, 9.17) is 5.11 Å². The van der Waals surface area contributed by atoms with Gasteiger partial charge in [0.25, 0.3) is 0 Å². The van der Waals surface area contributed by atoms with Crippen LogP contribution in [-0.2, 0) is 4.79 Å². The van der Waals surface area contributed by atoms with Crippen LogP contribution in [0.4, 0.5) is 4.79 Å². The summed E-state index contributed by atoms with van der Waals surface area (Å²) in [7, 11) is 0. The lowest BCUT2D eigenvalue weighted by atomic mass is 10.2. The third-order valence-corrected chi connectivity index (χ3v) is 1.56. The van der Waals surface area contributed by atoms with E-state index in [1.165, 1.54) is 0 Å². The first-order valence-corrected chi connectivity index (χ1v) is 4.39. The van der Waals surface area contributed by atoms with Gasteiger partial charge in [-0.15, -0.1) is 0 Å². The molecule has 0 aromatic heterocycles. The number of aliphatic carboxylic acids is 1. The molecule has 0 aliphatic rings. The van der Waals surface area contributed by atoms with E-state index in [1.54, 1.807) is 13.8 Å². The molecule has 5 nitrogen and oxygen atoms in total. The summed E-state index contributed by atoms with van der Waals surface area (Å²) in [6.45, 7) is 7.42. The molecule has 0 fully saturated rings.